The van der Waals surface area contributed by atoms with Crippen molar-refractivity contribution in [3.05, 3.63) is 19.1 Å². The molecule has 0 rings (SSSR count). The van der Waals surface area contributed by atoms with E-state index in [2.05, 4.69) is 19.1 Å². The standard InChI is InChI=1S/C8H15O/c1-3-5-6-7-8-9-4-2/h3,5H,2,4,6-8H2,1H3/b5-3+. The molecule has 0 N–H and O–H groups in total. The van der Waals surface area contributed by atoms with E-state index in [-0.39, 0.29) is 0 Å². The van der Waals surface area contributed by atoms with Crippen LogP contribution in [0.1, 0.15) is 19.8 Å². The van der Waals surface area contributed by atoms with Gasteiger partial charge in [-0.3, -0.25) is 0 Å². The van der Waals surface area contributed by atoms with Crippen LogP contribution in [0, 0.1) is 6.92 Å². The molecule has 53 valence electrons. The summed E-state index contributed by atoms with van der Waals surface area (Å²) in [6.07, 6.45) is 6.44. The fourth-order valence-corrected chi connectivity index (χ4v) is 0.572. The van der Waals surface area contributed by atoms with Crippen LogP contribution in [-0.4, -0.2) is 13.2 Å². The number of allylic oxidation sites excluding steroid dienone is 2. The van der Waals surface area contributed by atoms with Gasteiger partial charge in [-0.05, 0) is 26.7 Å². The van der Waals surface area contributed by atoms with E-state index in [9.17, 15) is 0 Å². The first-order valence-electron chi connectivity index (χ1n) is 3.40. The van der Waals surface area contributed by atoms with E-state index >= 15 is 0 Å². The van der Waals surface area contributed by atoms with Crippen LogP contribution in [0.2, 0.25) is 0 Å². The number of hydrogen-bond acceptors (Lipinski definition) is 1. The fraction of sp³-hybridized carbons (Fsp3) is 0.625. The van der Waals surface area contributed by atoms with Gasteiger partial charge in [0.05, 0.1) is 0 Å². The Labute approximate surface area is 57.7 Å². The Morgan fingerprint density at radius 3 is 2.89 bits per heavy atom. The quantitative estimate of drug-likeness (QED) is 0.406. The van der Waals surface area contributed by atoms with Crippen molar-refractivity contribution in [2.45, 2.75) is 19.8 Å². The zero-order chi connectivity index (χ0) is 6.95. The maximum absolute atomic E-state index is 5.04. The molecule has 0 spiro atoms. The average molecular weight is 127 g/mol. The smallest absolute Gasteiger partial charge is 0.0468 e. The van der Waals surface area contributed by atoms with Gasteiger partial charge < -0.3 is 4.74 Å². The Hall–Kier alpha value is -0.300. The van der Waals surface area contributed by atoms with E-state index in [0.29, 0.717) is 6.61 Å². The highest BCUT2D eigenvalue weighted by molar-refractivity contribution is 4.75. The molecular formula is C8H15O. The lowest BCUT2D eigenvalue weighted by molar-refractivity contribution is 0.159. The summed E-state index contributed by atoms with van der Waals surface area (Å²) >= 11 is 0. The summed E-state index contributed by atoms with van der Waals surface area (Å²) in [6, 6.07) is 0. The van der Waals surface area contributed by atoms with Crippen molar-refractivity contribution < 1.29 is 4.74 Å². The second-order valence-electron chi connectivity index (χ2n) is 1.82. The number of hydrogen-bond donors (Lipinski definition) is 0. The zero-order valence-corrected chi connectivity index (χ0v) is 6.10. The molecule has 0 saturated heterocycles. The first-order chi connectivity index (χ1) is 4.41. The molecule has 9 heavy (non-hydrogen) atoms. The Bertz CT molecular complexity index is 67.0. The SMILES string of the molecule is [CH2]COCCC/C=C/C. The summed E-state index contributed by atoms with van der Waals surface area (Å²) in [6.45, 7) is 7.03. The first kappa shape index (κ1) is 8.70. The topological polar surface area (TPSA) is 9.23 Å². The van der Waals surface area contributed by atoms with Crippen LogP contribution in [0.3, 0.4) is 0 Å². The third-order valence-corrected chi connectivity index (χ3v) is 1.04. The van der Waals surface area contributed by atoms with E-state index in [1.807, 2.05) is 6.92 Å². The van der Waals surface area contributed by atoms with E-state index in [1.165, 1.54) is 0 Å². The van der Waals surface area contributed by atoms with Crippen molar-refractivity contribution in [3.63, 3.8) is 0 Å². The highest BCUT2D eigenvalue weighted by Gasteiger charge is 1.81. The van der Waals surface area contributed by atoms with Gasteiger partial charge in [0, 0.05) is 13.2 Å². The van der Waals surface area contributed by atoms with Crippen LogP contribution in [0.5, 0.6) is 0 Å². The largest absolute Gasteiger partial charge is 0.381 e. The van der Waals surface area contributed by atoms with Crippen molar-refractivity contribution in [1.29, 1.82) is 0 Å². The normalized spacial score (nSPS) is 10.9. The number of ether oxygens (including phenoxy) is 1. The van der Waals surface area contributed by atoms with Crippen molar-refractivity contribution in [2.24, 2.45) is 0 Å². The number of unbranched alkanes of at least 4 members (excludes halogenated alkanes) is 1. The third-order valence-electron chi connectivity index (χ3n) is 1.04. The van der Waals surface area contributed by atoms with E-state index in [4.69, 9.17) is 4.74 Å². The van der Waals surface area contributed by atoms with Gasteiger partial charge in [0.1, 0.15) is 0 Å². The molecule has 0 aromatic heterocycles. The molecule has 0 bridgehead atoms. The minimum atomic E-state index is 0.593. The monoisotopic (exact) mass is 127 g/mol. The van der Waals surface area contributed by atoms with Gasteiger partial charge in [-0.1, -0.05) is 12.2 Å². The fourth-order valence-electron chi connectivity index (χ4n) is 0.572. The third kappa shape index (κ3) is 7.70. The molecule has 0 aliphatic rings. The molecule has 1 nitrogen and oxygen atoms in total. The lowest BCUT2D eigenvalue weighted by Crippen LogP contribution is -1.91. The Morgan fingerprint density at radius 1 is 1.56 bits per heavy atom. The predicted molar refractivity (Wildman–Crippen MR) is 40.2 cm³/mol. The van der Waals surface area contributed by atoms with Crippen molar-refractivity contribution >= 4 is 0 Å². The van der Waals surface area contributed by atoms with Crippen molar-refractivity contribution in [3.8, 4) is 0 Å². The van der Waals surface area contributed by atoms with Crippen LogP contribution < -0.4 is 0 Å². The highest BCUT2D eigenvalue weighted by atomic mass is 16.5. The van der Waals surface area contributed by atoms with E-state index in [1.54, 1.807) is 0 Å². The van der Waals surface area contributed by atoms with E-state index in [0.717, 1.165) is 19.4 Å². The van der Waals surface area contributed by atoms with Gasteiger partial charge in [-0.25, -0.2) is 0 Å². The molecule has 0 aliphatic heterocycles. The van der Waals surface area contributed by atoms with Gasteiger partial charge >= 0.3 is 0 Å². The van der Waals surface area contributed by atoms with Gasteiger partial charge in [-0.2, -0.15) is 0 Å². The van der Waals surface area contributed by atoms with Crippen molar-refractivity contribution in [1.82, 2.24) is 0 Å². The van der Waals surface area contributed by atoms with Crippen LogP contribution >= 0.6 is 0 Å². The molecule has 0 fully saturated rings. The molecule has 1 radical (unpaired) electrons. The summed E-state index contributed by atoms with van der Waals surface area (Å²) in [5.41, 5.74) is 0. The molecular weight excluding hydrogens is 112 g/mol. The molecule has 0 atom stereocenters. The predicted octanol–water partition coefficient (Wildman–Crippen LogP) is 2.19. The zero-order valence-electron chi connectivity index (χ0n) is 6.10. The maximum atomic E-state index is 5.04. The van der Waals surface area contributed by atoms with Gasteiger partial charge in [0.15, 0.2) is 0 Å². The van der Waals surface area contributed by atoms with Crippen molar-refractivity contribution in [2.75, 3.05) is 13.2 Å². The number of rotatable bonds is 5. The first-order valence-corrected chi connectivity index (χ1v) is 3.40. The van der Waals surface area contributed by atoms with Gasteiger partial charge in [0.2, 0.25) is 0 Å². The summed E-state index contributed by atoms with van der Waals surface area (Å²) in [4.78, 5) is 0. The van der Waals surface area contributed by atoms with Crippen LogP contribution in [-0.2, 0) is 4.74 Å². The van der Waals surface area contributed by atoms with Crippen LogP contribution in [0.4, 0.5) is 0 Å². The molecule has 0 aliphatic carbocycles. The minimum Gasteiger partial charge on any atom is -0.381 e. The second-order valence-corrected chi connectivity index (χ2v) is 1.82. The van der Waals surface area contributed by atoms with Gasteiger partial charge in [0.25, 0.3) is 0 Å². The highest BCUT2D eigenvalue weighted by Crippen LogP contribution is 1.90. The molecule has 0 heterocycles. The molecule has 0 saturated carbocycles. The van der Waals surface area contributed by atoms with Crippen LogP contribution in [0.15, 0.2) is 12.2 Å². The summed E-state index contributed by atoms with van der Waals surface area (Å²) in [7, 11) is 0. The molecule has 0 amide bonds. The Balaban J connectivity index is 2.75. The minimum absolute atomic E-state index is 0.593. The summed E-state index contributed by atoms with van der Waals surface area (Å²) in [5.74, 6) is 0. The lowest BCUT2D eigenvalue weighted by atomic mass is 10.3. The molecule has 0 unspecified atom stereocenters. The van der Waals surface area contributed by atoms with E-state index < -0.39 is 0 Å². The molecule has 0 aromatic carbocycles. The van der Waals surface area contributed by atoms with Gasteiger partial charge in [-0.15, -0.1) is 0 Å². The summed E-state index contributed by atoms with van der Waals surface area (Å²) < 4.78 is 5.04. The summed E-state index contributed by atoms with van der Waals surface area (Å²) in [5, 5.41) is 0. The Morgan fingerprint density at radius 2 is 2.33 bits per heavy atom. The Kier molecular flexibility index (Phi) is 7.44. The molecule has 0 aromatic rings. The average Bonchev–Trinajstić information content (AvgIpc) is 1.89. The lowest BCUT2D eigenvalue weighted by Gasteiger charge is -1.95. The second kappa shape index (κ2) is 7.70. The van der Waals surface area contributed by atoms with Crippen LogP contribution in [0.25, 0.3) is 0 Å². The molecule has 1 heteroatoms. The maximum Gasteiger partial charge on any atom is 0.0468 e.